The lowest BCUT2D eigenvalue weighted by atomic mass is 9.84. The summed E-state index contributed by atoms with van der Waals surface area (Å²) in [6.07, 6.45) is 2.18. The monoisotopic (exact) mass is 765 g/mol. The number of nitrogens with zero attached hydrogens (tertiary/aromatic N) is 1. The van der Waals surface area contributed by atoms with Crippen molar-refractivity contribution in [3.63, 3.8) is 0 Å². The zero-order valence-corrected chi connectivity index (χ0v) is 33.0. The van der Waals surface area contributed by atoms with Crippen molar-refractivity contribution in [3.8, 4) is 44.5 Å². The van der Waals surface area contributed by atoms with Gasteiger partial charge in [0.2, 0.25) is 0 Å². The van der Waals surface area contributed by atoms with Crippen molar-refractivity contribution in [1.82, 2.24) is 0 Å². The molecule has 0 saturated heterocycles. The van der Waals surface area contributed by atoms with Crippen LogP contribution in [-0.4, -0.2) is 0 Å². The molecule has 0 saturated carbocycles. The van der Waals surface area contributed by atoms with Crippen LogP contribution >= 0.6 is 0 Å². The number of fused-ring (bicyclic) bond motifs is 9. The second-order valence-corrected chi connectivity index (χ2v) is 16.0. The Labute approximate surface area is 349 Å². The molecule has 0 fully saturated rings. The van der Waals surface area contributed by atoms with Crippen LogP contribution in [0.3, 0.4) is 0 Å². The van der Waals surface area contributed by atoms with Crippen molar-refractivity contribution in [1.29, 1.82) is 0 Å². The Morgan fingerprint density at radius 3 is 1.75 bits per heavy atom. The fourth-order valence-corrected chi connectivity index (χ4v) is 9.58. The summed E-state index contributed by atoms with van der Waals surface area (Å²) in [5.74, 6) is 0. The second kappa shape index (κ2) is 14.0. The van der Waals surface area contributed by atoms with E-state index < -0.39 is 0 Å². The molecular weight excluding hydrogens is 727 g/mol. The molecule has 0 amide bonds. The SMILES string of the molecule is c1ccc(-c2ccc3oc4c(N(c5ccc(-c6ccc7c(c6)-c6ccccc6CC7)cc5)c5ccc(-c6cc7ccccc7c7ccccc67)cc5)cccc4c3c2)cc1. The first-order valence-electron chi connectivity index (χ1n) is 20.9. The number of furan rings is 1. The average Bonchev–Trinajstić information content (AvgIpc) is 3.71. The minimum absolute atomic E-state index is 0.861. The lowest BCUT2D eigenvalue weighted by Crippen LogP contribution is -2.10. The molecule has 0 N–H and O–H groups in total. The van der Waals surface area contributed by atoms with Crippen LogP contribution in [0.25, 0.3) is 88.0 Å². The highest BCUT2D eigenvalue weighted by Gasteiger charge is 2.21. The molecule has 1 heterocycles. The van der Waals surface area contributed by atoms with Crippen LogP contribution in [0.15, 0.2) is 217 Å². The maximum absolute atomic E-state index is 6.81. The predicted molar refractivity (Wildman–Crippen MR) is 253 cm³/mol. The molecular formula is C58H39NO. The van der Waals surface area contributed by atoms with Crippen LogP contribution in [-0.2, 0) is 12.8 Å². The van der Waals surface area contributed by atoms with Crippen molar-refractivity contribution in [2.24, 2.45) is 0 Å². The number of aryl methyl sites for hydroxylation is 2. The molecule has 0 bridgehead atoms. The van der Waals surface area contributed by atoms with Crippen LogP contribution in [0, 0.1) is 0 Å². The Balaban J connectivity index is 0.992. The Morgan fingerprint density at radius 1 is 0.333 bits per heavy atom. The van der Waals surface area contributed by atoms with Crippen molar-refractivity contribution >= 4 is 60.5 Å². The van der Waals surface area contributed by atoms with Gasteiger partial charge in [0.05, 0.1) is 5.69 Å². The van der Waals surface area contributed by atoms with Gasteiger partial charge in [0, 0.05) is 22.1 Å². The van der Waals surface area contributed by atoms with Gasteiger partial charge in [-0.3, -0.25) is 0 Å². The Hall–Kier alpha value is -7.68. The topological polar surface area (TPSA) is 16.4 Å². The average molecular weight is 766 g/mol. The highest BCUT2D eigenvalue weighted by atomic mass is 16.3. The highest BCUT2D eigenvalue weighted by Crippen LogP contribution is 2.45. The van der Waals surface area contributed by atoms with Crippen molar-refractivity contribution in [2.75, 3.05) is 4.90 Å². The molecule has 0 atom stereocenters. The third kappa shape index (κ3) is 5.72. The van der Waals surface area contributed by atoms with Gasteiger partial charge in [-0.15, -0.1) is 0 Å². The summed E-state index contributed by atoms with van der Waals surface area (Å²) in [5, 5.41) is 7.24. The zero-order chi connectivity index (χ0) is 39.6. The fourth-order valence-electron chi connectivity index (χ4n) is 9.58. The molecule has 0 unspecified atom stereocenters. The van der Waals surface area contributed by atoms with Gasteiger partial charge in [0.1, 0.15) is 5.58 Å². The van der Waals surface area contributed by atoms with E-state index in [0.717, 1.165) is 51.8 Å². The van der Waals surface area contributed by atoms with Crippen LogP contribution in [0.1, 0.15) is 11.1 Å². The van der Waals surface area contributed by atoms with Crippen LogP contribution in [0.2, 0.25) is 0 Å². The lowest BCUT2D eigenvalue weighted by molar-refractivity contribution is 0.669. The van der Waals surface area contributed by atoms with E-state index in [4.69, 9.17) is 4.42 Å². The first kappa shape index (κ1) is 34.4. The summed E-state index contributed by atoms with van der Waals surface area (Å²) < 4.78 is 6.81. The summed E-state index contributed by atoms with van der Waals surface area (Å²) in [4.78, 5) is 2.35. The van der Waals surface area contributed by atoms with Crippen LogP contribution in [0.4, 0.5) is 17.1 Å². The van der Waals surface area contributed by atoms with Gasteiger partial charge in [-0.2, -0.15) is 0 Å². The smallest absolute Gasteiger partial charge is 0.159 e. The van der Waals surface area contributed by atoms with Gasteiger partial charge >= 0.3 is 0 Å². The van der Waals surface area contributed by atoms with Gasteiger partial charge in [-0.25, -0.2) is 0 Å². The second-order valence-electron chi connectivity index (χ2n) is 16.0. The largest absolute Gasteiger partial charge is 0.454 e. The van der Waals surface area contributed by atoms with Crippen LogP contribution < -0.4 is 4.90 Å². The predicted octanol–water partition coefficient (Wildman–Crippen LogP) is 16.1. The van der Waals surface area contributed by atoms with Gasteiger partial charge in [-0.1, -0.05) is 158 Å². The van der Waals surface area contributed by atoms with Gasteiger partial charge in [-0.05, 0) is 145 Å². The summed E-state index contributed by atoms with van der Waals surface area (Å²) in [7, 11) is 0. The summed E-state index contributed by atoms with van der Waals surface area (Å²) in [5.41, 5.74) is 17.6. The van der Waals surface area contributed by atoms with Crippen LogP contribution in [0.5, 0.6) is 0 Å². The van der Waals surface area contributed by atoms with E-state index in [1.165, 1.54) is 77.2 Å². The van der Waals surface area contributed by atoms with E-state index in [0.29, 0.717) is 0 Å². The first-order chi connectivity index (χ1) is 29.7. The van der Waals surface area contributed by atoms with Crippen molar-refractivity contribution < 1.29 is 4.42 Å². The standard InChI is InChI=1S/C58H39NO/c1-2-11-38(12-3-1)44-29-34-57-55(36-44)52-19-10-20-56(58(52)60-57)59(46-30-25-39(26-31-46)43-24-23-41-22-21-40-13-4-6-15-48(40)53(41)35-43)47-32-27-42(28-33-47)54-37-45-14-5-7-16-49(45)50-17-8-9-18-51(50)54/h1-20,23-37H,21-22H2. The van der Waals surface area contributed by atoms with Gasteiger partial charge in [0.15, 0.2) is 5.58 Å². The molecule has 12 rings (SSSR count). The maximum atomic E-state index is 6.81. The number of hydrogen-bond donors (Lipinski definition) is 0. The molecule has 2 nitrogen and oxygen atoms in total. The van der Waals surface area contributed by atoms with E-state index >= 15 is 0 Å². The van der Waals surface area contributed by atoms with E-state index in [9.17, 15) is 0 Å². The van der Waals surface area contributed by atoms with E-state index in [2.05, 4.69) is 217 Å². The number of rotatable bonds is 6. The first-order valence-corrected chi connectivity index (χ1v) is 20.9. The fraction of sp³-hybridized carbons (Fsp3) is 0.0345. The Kier molecular flexibility index (Phi) is 8.02. The molecule has 11 aromatic rings. The highest BCUT2D eigenvalue weighted by molar-refractivity contribution is 6.14. The molecule has 1 aromatic heterocycles. The molecule has 10 aromatic carbocycles. The molecule has 2 heteroatoms. The molecule has 1 aliphatic rings. The molecule has 0 radical (unpaired) electrons. The van der Waals surface area contributed by atoms with E-state index in [1.54, 1.807) is 0 Å². The third-order valence-corrected chi connectivity index (χ3v) is 12.6. The van der Waals surface area contributed by atoms with Gasteiger partial charge < -0.3 is 9.32 Å². The summed E-state index contributed by atoms with van der Waals surface area (Å²) in [6, 6.07) is 77.3. The van der Waals surface area contributed by atoms with Crippen molar-refractivity contribution in [3.05, 3.63) is 223 Å². The van der Waals surface area contributed by atoms with Gasteiger partial charge in [0.25, 0.3) is 0 Å². The third-order valence-electron chi connectivity index (χ3n) is 12.6. The molecule has 1 aliphatic carbocycles. The molecule has 0 spiro atoms. The zero-order valence-electron chi connectivity index (χ0n) is 33.0. The number of para-hydroxylation sites is 1. The molecule has 60 heavy (non-hydrogen) atoms. The summed E-state index contributed by atoms with van der Waals surface area (Å²) in [6.45, 7) is 0. The quantitative estimate of drug-likeness (QED) is 0.157. The van der Waals surface area contributed by atoms with Crippen molar-refractivity contribution in [2.45, 2.75) is 12.8 Å². The Bertz CT molecular complexity index is 3410. The lowest BCUT2D eigenvalue weighted by Gasteiger charge is -2.26. The number of anilines is 3. The normalized spacial score (nSPS) is 12.2. The molecule has 0 aliphatic heterocycles. The number of hydrogen-bond acceptors (Lipinski definition) is 2. The maximum Gasteiger partial charge on any atom is 0.159 e. The molecule has 282 valence electrons. The minimum atomic E-state index is 0.861. The minimum Gasteiger partial charge on any atom is -0.454 e. The van der Waals surface area contributed by atoms with E-state index in [-0.39, 0.29) is 0 Å². The number of benzene rings is 10. The van der Waals surface area contributed by atoms with E-state index in [1.807, 2.05) is 0 Å². The Morgan fingerprint density at radius 2 is 0.933 bits per heavy atom. The summed E-state index contributed by atoms with van der Waals surface area (Å²) >= 11 is 0.